The Morgan fingerprint density at radius 3 is 2.58 bits per heavy atom. The number of aromatic carboxylic acids is 1. The Labute approximate surface area is 211 Å². The van der Waals surface area contributed by atoms with Crippen LogP contribution in [0.5, 0.6) is 11.5 Å². The minimum absolute atomic E-state index is 0.0453. The average molecular weight is 512 g/mol. The van der Waals surface area contributed by atoms with Gasteiger partial charge in [-0.15, -0.1) is 10.2 Å². The van der Waals surface area contributed by atoms with E-state index in [1.54, 1.807) is 55.1 Å². The molecular weight excluding hydrogens is 486 g/mol. The first-order chi connectivity index (χ1) is 17.3. The molecule has 11 nitrogen and oxygen atoms in total. The molecule has 0 aliphatic carbocycles. The molecule has 1 heterocycles. The van der Waals surface area contributed by atoms with Crippen molar-refractivity contribution in [3.63, 3.8) is 0 Å². The van der Waals surface area contributed by atoms with Gasteiger partial charge in [-0.25, -0.2) is 4.79 Å². The van der Waals surface area contributed by atoms with Crippen molar-refractivity contribution in [1.82, 2.24) is 20.1 Å². The SMILES string of the molecule is COc1ccc(/C=C/C(=O)NCc2nnc(SCC(=O)Nc3cccc(C(=O)O)c3)n2C)cc1OC. The van der Waals surface area contributed by atoms with Gasteiger partial charge in [0.1, 0.15) is 0 Å². The number of thioether (sulfide) groups is 1. The highest BCUT2D eigenvalue weighted by Crippen LogP contribution is 2.28. The summed E-state index contributed by atoms with van der Waals surface area (Å²) in [4.78, 5) is 35.5. The fourth-order valence-corrected chi connectivity index (χ4v) is 3.77. The normalized spacial score (nSPS) is 10.8. The van der Waals surface area contributed by atoms with Crippen molar-refractivity contribution < 1.29 is 29.0 Å². The van der Waals surface area contributed by atoms with Gasteiger partial charge in [0.15, 0.2) is 22.5 Å². The topological polar surface area (TPSA) is 145 Å². The highest BCUT2D eigenvalue weighted by atomic mass is 32.2. The van der Waals surface area contributed by atoms with Crippen LogP contribution < -0.4 is 20.1 Å². The maximum atomic E-state index is 12.2. The van der Waals surface area contributed by atoms with Gasteiger partial charge in [-0.3, -0.25) is 9.59 Å². The van der Waals surface area contributed by atoms with Crippen molar-refractivity contribution in [2.24, 2.45) is 7.05 Å². The first-order valence-electron chi connectivity index (χ1n) is 10.6. The van der Waals surface area contributed by atoms with Crippen LogP contribution in [0.2, 0.25) is 0 Å². The number of benzene rings is 2. The number of methoxy groups -OCH3 is 2. The maximum Gasteiger partial charge on any atom is 0.335 e. The lowest BCUT2D eigenvalue weighted by molar-refractivity contribution is -0.116. The third-order valence-electron chi connectivity index (χ3n) is 4.91. The third kappa shape index (κ3) is 7.09. The fourth-order valence-electron chi connectivity index (χ4n) is 3.04. The van der Waals surface area contributed by atoms with Gasteiger partial charge in [0, 0.05) is 18.8 Å². The van der Waals surface area contributed by atoms with Gasteiger partial charge in [0.05, 0.1) is 32.1 Å². The zero-order valence-electron chi connectivity index (χ0n) is 19.8. The predicted octanol–water partition coefficient (Wildman–Crippen LogP) is 2.59. The summed E-state index contributed by atoms with van der Waals surface area (Å²) in [5.41, 5.74) is 1.25. The smallest absolute Gasteiger partial charge is 0.335 e. The van der Waals surface area contributed by atoms with Crippen LogP contribution in [-0.4, -0.2) is 57.6 Å². The molecule has 3 aromatic rings. The van der Waals surface area contributed by atoms with Crippen LogP contribution in [0, 0.1) is 0 Å². The molecule has 0 radical (unpaired) electrons. The largest absolute Gasteiger partial charge is 0.493 e. The van der Waals surface area contributed by atoms with Crippen LogP contribution in [0.3, 0.4) is 0 Å². The van der Waals surface area contributed by atoms with Crippen molar-refractivity contribution in [3.05, 3.63) is 65.5 Å². The Bertz CT molecular complexity index is 1290. The Morgan fingerprint density at radius 2 is 1.86 bits per heavy atom. The standard InChI is InChI=1S/C24H25N5O6S/c1-29-20(13-25-21(30)10-8-15-7-9-18(34-2)19(11-15)35-3)27-28-24(29)36-14-22(31)26-17-6-4-5-16(12-17)23(32)33/h4-12H,13-14H2,1-3H3,(H,25,30)(H,26,31)(H,32,33)/b10-8+. The molecule has 3 rings (SSSR count). The summed E-state index contributed by atoms with van der Waals surface area (Å²) in [6, 6.07) is 11.3. The summed E-state index contributed by atoms with van der Waals surface area (Å²) in [6.45, 7) is 0.146. The van der Waals surface area contributed by atoms with Gasteiger partial charge in [-0.05, 0) is 42.0 Å². The van der Waals surface area contributed by atoms with Crippen LogP contribution >= 0.6 is 11.8 Å². The number of carboxylic acids is 1. The third-order valence-corrected chi connectivity index (χ3v) is 5.93. The minimum Gasteiger partial charge on any atom is -0.493 e. The summed E-state index contributed by atoms with van der Waals surface area (Å²) in [5.74, 6) is 0.0109. The monoisotopic (exact) mass is 511 g/mol. The first-order valence-corrected chi connectivity index (χ1v) is 11.6. The summed E-state index contributed by atoms with van der Waals surface area (Å²) in [7, 11) is 4.82. The predicted molar refractivity (Wildman–Crippen MR) is 134 cm³/mol. The molecule has 0 saturated carbocycles. The summed E-state index contributed by atoms with van der Waals surface area (Å²) in [5, 5.41) is 23.1. The molecule has 0 atom stereocenters. The molecule has 2 amide bonds. The fraction of sp³-hybridized carbons (Fsp3) is 0.208. The number of aromatic nitrogens is 3. The number of carbonyl (C=O) groups excluding carboxylic acids is 2. The Balaban J connectivity index is 1.50. The van der Waals surface area contributed by atoms with Crippen LogP contribution in [0.25, 0.3) is 6.08 Å². The minimum atomic E-state index is -1.07. The molecule has 0 aliphatic heterocycles. The van der Waals surface area contributed by atoms with E-state index in [1.165, 1.54) is 37.1 Å². The van der Waals surface area contributed by atoms with Crippen LogP contribution in [-0.2, 0) is 23.2 Å². The van der Waals surface area contributed by atoms with Gasteiger partial charge >= 0.3 is 5.97 Å². The molecule has 0 saturated heterocycles. The van der Waals surface area contributed by atoms with Gasteiger partial charge < -0.3 is 29.8 Å². The van der Waals surface area contributed by atoms with Gasteiger partial charge in [0.25, 0.3) is 0 Å². The van der Waals surface area contributed by atoms with Crippen molar-refractivity contribution in [3.8, 4) is 11.5 Å². The molecule has 188 valence electrons. The molecule has 0 fully saturated rings. The number of carbonyl (C=O) groups is 3. The summed E-state index contributed by atoms with van der Waals surface area (Å²) < 4.78 is 12.1. The lowest BCUT2D eigenvalue weighted by Gasteiger charge is -2.07. The van der Waals surface area contributed by atoms with Gasteiger partial charge in [0.2, 0.25) is 11.8 Å². The molecule has 3 N–H and O–H groups in total. The maximum absolute atomic E-state index is 12.2. The Morgan fingerprint density at radius 1 is 1.08 bits per heavy atom. The number of carboxylic acid groups (broad SMARTS) is 1. The second kappa shape index (κ2) is 12.4. The van der Waals surface area contributed by atoms with Crippen molar-refractivity contribution in [2.75, 3.05) is 25.3 Å². The van der Waals surface area contributed by atoms with Crippen molar-refractivity contribution >= 4 is 41.3 Å². The molecule has 0 unspecified atom stereocenters. The van der Waals surface area contributed by atoms with E-state index in [2.05, 4.69) is 20.8 Å². The number of nitrogens with one attached hydrogen (secondary N) is 2. The average Bonchev–Trinajstić information content (AvgIpc) is 3.23. The summed E-state index contributed by atoms with van der Waals surface area (Å²) in [6.07, 6.45) is 3.05. The van der Waals surface area contributed by atoms with E-state index in [0.717, 1.165) is 5.56 Å². The van der Waals surface area contributed by atoms with Crippen molar-refractivity contribution in [1.29, 1.82) is 0 Å². The van der Waals surface area contributed by atoms with Crippen LogP contribution in [0.4, 0.5) is 5.69 Å². The Kier molecular flexibility index (Phi) is 9.06. The number of nitrogens with zero attached hydrogens (tertiary/aromatic N) is 3. The molecule has 0 aliphatic rings. The second-order valence-corrected chi connectivity index (χ2v) is 8.29. The van der Waals surface area contributed by atoms with E-state index in [9.17, 15) is 14.4 Å². The number of rotatable bonds is 11. The molecule has 2 aromatic carbocycles. The van der Waals surface area contributed by atoms with E-state index < -0.39 is 5.97 Å². The van der Waals surface area contributed by atoms with Crippen molar-refractivity contribution in [2.45, 2.75) is 11.7 Å². The molecule has 1 aromatic heterocycles. The zero-order chi connectivity index (χ0) is 26.1. The molecular formula is C24H25N5O6S. The van der Waals surface area contributed by atoms with Crippen LogP contribution in [0.1, 0.15) is 21.7 Å². The summed E-state index contributed by atoms with van der Waals surface area (Å²) >= 11 is 1.17. The lowest BCUT2D eigenvalue weighted by atomic mass is 10.2. The van der Waals surface area contributed by atoms with E-state index in [1.807, 2.05) is 0 Å². The second-order valence-electron chi connectivity index (χ2n) is 7.35. The molecule has 12 heteroatoms. The van der Waals surface area contributed by atoms with E-state index in [4.69, 9.17) is 14.6 Å². The number of anilines is 1. The Hall–Kier alpha value is -4.32. The highest BCUT2D eigenvalue weighted by molar-refractivity contribution is 7.99. The van der Waals surface area contributed by atoms with E-state index >= 15 is 0 Å². The number of amides is 2. The molecule has 36 heavy (non-hydrogen) atoms. The number of ether oxygens (including phenoxy) is 2. The van der Waals surface area contributed by atoms with Gasteiger partial charge in [-0.2, -0.15) is 0 Å². The number of hydrogen-bond acceptors (Lipinski definition) is 8. The quantitative estimate of drug-likeness (QED) is 0.261. The van der Waals surface area contributed by atoms with E-state index in [-0.39, 0.29) is 29.7 Å². The number of hydrogen-bond donors (Lipinski definition) is 3. The van der Waals surface area contributed by atoms with Gasteiger partial charge in [-0.1, -0.05) is 23.9 Å². The van der Waals surface area contributed by atoms with E-state index in [0.29, 0.717) is 28.2 Å². The van der Waals surface area contributed by atoms with Crippen LogP contribution in [0.15, 0.2) is 53.7 Å². The first kappa shape index (κ1) is 26.3. The highest BCUT2D eigenvalue weighted by Gasteiger charge is 2.13. The molecule has 0 spiro atoms. The molecule has 0 bridgehead atoms. The zero-order valence-corrected chi connectivity index (χ0v) is 20.7. The lowest BCUT2D eigenvalue weighted by Crippen LogP contribution is -2.22.